The van der Waals surface area contributed by atoms with E-state index in [1.54, 1.807) is 6.92 Å². The fraction of sp³-hybridized carbons (Fsp3) is 0.875. The molecule has 0 fully saturated rings. The minimum absolute atomic E-state index is 0.162. The molecule has 0 aliphatic rings. The molecule has 12 heavy (non-hydrogen) atoms. The van der Waals surface area contributed by atoms with Crippen molar-refractivity contribution < 1.29 is 19.3 Å². The number of rotatable bonds is 4. The van der Waals surface area contributed by atoms with E-state index in [2.05, 4.69) is 9.62 Å². The van der Waals surface area contributed by atoms with E-state index >= 15 is 0 Å². The fourth-order valence-electron chi connectivity index (χ4n) is 0.457. The number of esters is 1. The summed E-state index contributed by atoms with van der Waals surface area (Å²) in [5.74, 6) is -0.415. The van der Waals surface area contributed by atoms with Gasteiger partial charge in [-0.05, 0) is 27.7 Å². The Morgan fingerprint density at radius 3 is 2.33 bits per heavy atom. The van der Waals surface area contributed by atoms with E-state index in [0.717, 1.165) is 0 Å². The Balaban J connectivity index is 3.37. The molecular formula is C8H16O4. The third kappa shape index (κ3) is 7.50. The molecular weight excluding hydrogens is 160 g/mol. The van der Waals surface area contributed by atoms with Crippen molar-refractivity contribution in [2.24, 2.45) is 0 Å². The average molecular weight is 176 g/mol. The van der Waals surface area contributed by atoms with Gasteiger partial charge in [-0.3, -0.25) is 0 Å². The lowest BCUT2D eigenvalue weighted by Crippen LogP contribution is -2.22. The zero-order valence-electron chi connectivity index (χ0n) is 8.05. The van der Waals surface area contributed by atoms with Gasteiger partial charge in [0.2, 0.25) is 0 Å². The van der Waals surface area contributed by atoms with Gasteiger partial charge in [0, 0.05) is 0 Å². The highest BCUT2D eigenvalue weighted by atomic mass is 17.2. The molecule has 0 heterocycles. The smallest absolute Gasteiger partial charge is 0.335 e. The maximum Gasteiger partial charge on any atom is 0.335 e. The molecule has 0 aliphatic carbocycles. The van der Waals surface area contributed by atoms with Crippen LogP contribution in [0.15, 0.2) is 0 Å². The molecule has 0 amide bonds. The monoisotopic (exact) mass is 176 g/mol. The minimum Gasteiger partial charge on any atom is -0.464 e. The van der Waals surface area contributed by atoms with E-state index in [9.17, 15) is 4.79 Å². The molecule has 0 saturated heterocycles. The van der Waals surface area contributed by atoms with E-state index < -0.39 is 11.6 Å². The van der Waals surface area contributed by atoms with Gasteiger partial charge in [-0.25, -0.2) is 14.6 Å². The molecule has 72 valence electrons. The molecule has 0 aromatic heterocycles. The van der Waals surface area contributed by atoms with Crippen LogP contribution in [0.1, 0.15) is 27.7 Å². The van der Waals surface area contributed by atoms with Crippen molar-refractivity contribution >= 4 is 5.97 Å². The van der Waals surface area contributed by atoms with Crippen LogP contribution in [0, 0.1) is 0 Å². The molecule has 0 saturated carbocycles. The molecule has 0 unspecified atom stereocenters. The fourth-order valence-corrected chi connectivity index (χ4v) is 0.457. The summed E-state index contributed by atoms with van der Waals surface area (Å²) in [6, 6.07) is 0. The lowest BCUT2D eigenvalue weighted by Gasteiger charge is -2.16. The summed E-state index contributed by atoms with van der Waals surface area (Å²) >= 11 is 0. The minimum atomic E-state index is -0.415. The van der Waals surface area contributed by atoms with Crippen molar-refractivity contribution in [2.45, 2.75) is 33.3 Å². The summed E-state index contributed by atoms with van der Waals surface area (Å²) < 4.78 is 4.61. The van der Waals surface area contributed by atoms with Crippen LogP contribution in [0.2, 0.25) is 0 Å². The lowest BCUT2D eigenvalue weighted by molar-refractivity contribution is -0.344. The molecule has 4 nitrogen and oxygen atoms in total. The second-order valence-electron chi connectivity index (χ2n) is 3.26. The molecule has 0 aliphatic heterocycles. The number of carbonyl (C=O) groups excluding carboxylic acids is 1. The summed E-state index contributed by atoms with van der Waals surface area (Å²) in [5, 5.41) is 0. The summed E-state index contributed by atoms with van der Waals surface area (Å²) in [4.78, 5) is 20.2. The summed E-state index contributed by atoms with van der Waals surface area (Å²) in [6.07, 6.45) is 0. The Labute approximate surface area is 72.7 Å². The van der Waals surface area contributed by atoms with Crippen LogP contribution < -0.4 is 0 Å². The van der Waals surface area contributed by atoms with Gasteiger partial charge in [0.1, 0.15) is 0 Å². The Kier molecular flexibility index (Phi) is 4.85. The van der Waals surface area contributed by atoms with Gasteiger partial charge in [-0.2, -0.15) is 0 Å². The molecule has 0 aromatic carbocycles. The van der Waals surface area contributed by atoms with E-state index in [4.69, 9.17) is 4.89 Å². The van der Waals surface area contributed by atoms with Crippen LogP contribution in [0.25, 0.3) is 0 Å². The molecule has 0 bridgehead atoms. The molecule has 0 rings (SSSR count). The molecule has 0 radical (unpaired) electrons. The Hall–Kier alpha value is -0.610. The second kappa shape index (κ2) is 5.11. The highest BCUT2D eigenvalue weighted by molar-refractivity contribution is 5.70. The number of ether oxygens (including phenoxy) is 1. The Morgan fingerprint density at radius 2 is 1.92 bits per heavy atom. The molecule has 0 spiro atoms. The van der Waals surface area contributed by atoms with E-state index in [0.29, 0.717) is 6.61 Å². The number of carbonyl (C=O) groups is 1. The molecule has 4 heteroatoms. The van der Waals surface area contributed by atoms with Gasteiger partial charge in [0.25, 0.3) is 0 Å². The van der Waals surface area contributed by atoms with Gasteiger partial charge in [0.15, 0.2) is 6.61 Å². The largest absolute Gasteiger partial charge is 0.464 e. The van der Waals surface area contributed by atoms with Gasteiger partial charge in [0.05, 0.1) is 12.2 Å². The predicted octanol–water partition coefficient (Wildman–Crippen LogP) is 1.30. The first-order valence-corrected chi connectivity index (χ1v) is 3.92. The number of hydrogen-bond donors (Lipinski definition) is 0. The normalized spacial score (nSPS) is 11.3. The highest BCUT2D eigenvalue weighted by Gasteiger charge is 2.12. The van der Waals surface area contributed by atoms with E-state index in [1.807, 2.05) is 20.8 Å². The Morgan fingerprint density at radius 1 is 1.33 bits per heavy atom. The lowest BCUT2D eigenvalue weighted by atomic mass is 10.2. The van der Waals surface area contributed by atoms with Crippen molar-refractivity contribution in [1.82, 2.24) is 0 Å². The third-order valence-electron chi connectivity index (χ3n) is 0.791. The van der Waals surface area contributed by atoms with Gasteiger partial charge in [-0.1, -0.05) is 0 Å². The average Bonchev–Trinajstić information content (AvgIpc) is 1.84. The quantitative estimate of drug-likeness (QED) is 0.368. The first-order valence-electron chi connectivity index (χ1n) is 3.92. The maximum absolute atomic E-state index is 10.7. The summed E-state index contributed by atoms with van der Waals surface area (Å²) in [6.45, 7) is 7.43. The first kappa shape index (κ1) is 11.4. The van der Waals surface area contributed by atoms with Crippen molar-refractivity contribution in [1.29, 1.82) is 0 Å². The van der Waals surface area contributed by atoms with Crippen molar-refractivity contribution in [3.05, 3.63) is 0 Å². The highest BCUT2D eigenvalue weighted by Crippen LogP contribution is 2.06. The maximum atomic E-state index is 10.7. The van der Waals surface area contributed by atoms with Crippen LogP contribution in [0.3, 0.4) is 0 Å². The zero-order valence-corrected chi connectivity index (χ0v) is 8.05. The van der Waals surface area contributed by atoms with Crippen molar-refractivity contribution in [3.63, 3.8) is 0 Å². The molecule has 0 aromatic rings. The van der Waals surface area contributed by atoms with E-state index in [1.165, 1.54) is 0 Å². The topological polar surface area (TPSA) is 44.8 Å². The van der Waals surface area contributed by atoms with Gasteiger partial charge in [-0.15, -0.1) is 0 Å². The standard InChI is InChI=1S/C8H16O4/c1-5-10-7(9)6-11-12-8(2,3)4/h5-6H2,1-4H3. The first-order chi connectivity index (χ1) is 5.45. The zero-order chi connectivity index (χ0) is 9.61. The predicted molar refractivity (Wildman–Crippen MR) is 43.4 cm³/mol. The van der Waals surface area contributed by atoms with E-state index in [-0.39, 0.29) is 6.61 Å². The van der Waals surface area contributed by atoms with Crippen molar-refractivity contribution in [3.8, 4) is 0 Å². The molecule has 0 atom stereocenters. The molecule has 0 N–H and O–H groups in total. The van der Waals surface area contributed by atoms with Crippen LogP contribution in [0.4, 0.5) is 0 Å². The Bertz CT molecular complexity index is 136. The number of hydrogen-bond acceptors (Lipinski definition) is 4. The van der Waals surface area contributed by atoms with Crippen molar-refractivity contribution in [2.75, 3.05) is 13.2 Å². The third-order valence-corrected chi connectivity index (χ3v) is 0.791. The van der Waals surface area contributed by atoms with Crippen LogP contribution in [-0.4, -0.2) is 24.8 Å². The summed E-state index contributed by atoms with van der Waals surface area (Å²) in [5.41, 5.74) is -0.396. The van der Waals surface area contributed by atoms with Crippen LogP contribution in [-0.2, 0) is 19.3 Å². The van der Waals surface area contributed by atoms with Gasteiger partial charge < -0.3 is 4.74 Å². The second-order valence-corrected chi connectivity index (χ2v) is 3.26. The van der Waals surface area contributed by atoms with Gasteiger partial charge >= 0.3 is 5.97 Å². The van der Waals surface area contributed by atoms with Crippen LogP contribution >= 0.6 is 0 Å². The van der Waals surface area contributed by atoms with Crippen LogP contribution in [0.5, 0.6) is 0 Å². The SMILES string of the molecule is CCOC(=O)COOC(C)(C)C. The summed E-state index contributed by atoms with van der Waals surface area (Å²) in [7, 11) is 0.